The van der Waals surface area contributed by atoms with Gasteiger partial charge < -0.3 is 15.5 Å². The molecule has 0 bridgehead atoms. The van der Waals surface area contributed by atoms with Crippen molar-refractivity contribution in [3.63, 3.8) is 0 Å². The van der Waals surface area contributed by atoms with Crippen molar-refractivity contribution in [1.29, 1.82) is 0 Å². The van der Waals surface area contributed by atoms with Crippen molar-refractivity contribution >= 4 is 11.6 Å². The first-order valence-corrected chi connectivity index (χ1v) is 6.98. The number of nitrogens with two attached hydrogens (primary N) is 1. The van der Waals surface area contributed by atoms with Gasteiger partial charge in [-0.1, -0.05) is 12.1 Å². The number of anilines is 1. The fraction of sp³-hybridized carbons (Fsp3) is 0.533. The minimum Gasteiger partial charge on any atom is -0.378 e. The molecule has 2 N–H and O–H groups in total. The summed E-state index contributed by atoms with van der Waals surface area (Å²) in [5, 5.41) is 0. The second-order valence-electron chi connectivity index (χ2n) is 5.28. The Morgan fingerprint density at radius 3 is 2.37 bits per heavy atom. The first kappa shape index (κ1) is 13.7. The average molecular weight is 260 g/mol. The van der Waals surface area contributed by atoms with Crippen molar-refractivity contribution in [1.82, 2.24) is 4.90 Å². The van der Waals surface area contributed by atoms with Gasteiger partial charge in [-0.2, -0.15) is 0 Å². The van der Waals surface area contributed by atoms with E-state index in [0.717, 1.165) is 13.1 Å². The van der Waals surface area contributed by atoms with E-state index in [-0.39, 0.29) is 0 Å². The van der Waals surface area contributed by atoms with Gasteiger partial charge in [-0.15, -0.1) is 0 Å². The van der Waals surface area contributed by atoms with E-state index in [1.807, 2.05) is 14.1 Å². The molecule has 4 heteroatoms. The predicted octanol–water partition coefficient (Wildman–Crippen LogP) is 2.05. The van der Waals surface area contributed by atoms with Gasteiger partial charge in [0.1, 0.15) is 0 Å². The Kier molecular flexibility index (Phi) is 4.66. The molecule has 1 heterocycles. The van der Waals surface area contributed by atoms with Crippen molar-refractivity contribution in [3.8, 4) is 0 Å². The van der Waals surface area contributed by atoms with E-state index in [0.29, 0.717) is 12.5 Å². The lowest BCUT2D eigenvalue weighted by Gasteiger charge is -2.27. The molecule has 1 saturated heterocycles. The SMILES string of the molecule is CN(C)c1ccc(CN=C(N)N2CCCCC2)cc1. The Labute approximate surface area is 115 Å². The molecular weight excluding hydrogens is 236 g/mol. The molecule has 0 atom stereocenters. The highest BCUT2D eigenvalue weighted by Gasteiger charge is 2.11. The lowest BCUT2D eigenvalue weighted by atomic mass is 10.1. The Bertz CT molecular complexity index is 416. The van der Waals surface area contributed by atoms with Gasteiger partial charge >= 0.3 is 0 Å². The molecule has 0 spiro atoms. The monoisotopic (exact) mass is 260 g/mol. The molecule has 0 radical (unpaired) electrons. The normalized spacial score (nSPS) is 16.5. The van der Waals surface area contributed by atoms with Gasteiger partial charge in [0.15, 0.2) is 5.96 Å². The highest BCUT2D eigenvalue weighted by Crippen LogP contribution is 2.13. The highest BCUT2D eigenvalue weighted by molar-refractivity contribution is 5.78. The summed E-state index contributed by atoms with van der Waals surface area (Å²) in [4.78, 5) is 8.78. The zero-order valence-electron chi connectivity index (χ0n) is 12.0. The van der Waals surface area contributed by atoms with Crippen molar-refractivity contribution in [2.75, 3.05) is 32.1 Å². The maximum absolute atomic E-state index is 6.04. The van der Waals surface area contributed by atoms with Crippen LogP contribution in [0.5, 0.6) is 0 Å². The van der Waals surface area contributed by atoms with Crippen LogP contribution < -0.4 is 10.6 Å². The van der Waals surface area contributed by atoms with E-state index in [1.165, 1.54) is 30.5 Å². The standard InChI is InChI=1S/C15H24N4/c1-18(2)14-8-6-13(7-9-14)12-17-15(16)19-10-4-3-5-11-19/h6-9H,3-5,10-12H2,1-2H3,(H2,16,17). The molecule has 1 aromatic carbocycles. The van der Waals surface area contributed by atoms with Gasteiger partial charge in [-0.3, -0.25) is 0 Å². The molecule has 104 valence electrons. The summed E-state index contributed by atoms with van der Waals surface area (Å²) in [6.07, 6.45) is 3.78. The average Bonchev–Trinajstić information content (AvgIpc) is 2.46. The number of nitrogens with zero attached hydrogens (tertiary/aromatic N) is 3. The second-order valence-corrected chi connectivity index (χ2v) is 5.28. The van der Waals surface area contributed by atoms with Crippen LogP contribution in [0.15, 0.2) is 29.3 Å². The summed E-state index contributed by atoms with van der Waals surface area (Å²) in [7, 11) is 4.09. The number of hydrogen-bond acceptors (Lipinski definition) is 2. The Morgan fingerprint density at radius 1 is 1.16 bits per heavy atom. The van der Waals surface area contributed by atoms with Crippen LogP contribution in [0.1, 0.15) is 24.8 Å². The summed E-state index contributed by atoms with van der Waals surface area (Å²) >= 11 is 0. The molecule has 0 aliphatic carbocycles. The molecule has 0 aromatic heterocycles. The molecule has 19 heavy (non-hydrogen) atoms. The van der Waals surface area contributed by atoms with Gasteiger partial charge in [-0.25, -0.2) is 4.99 Å². The van der Waals surface area contributed by atoms with Crippen LogP contribution in [0.3, 0.4) is 0 Å². The molecule has 0 unspecified atom stereocenters. The van der Waals surface area contributed by atoms with Gasteiger partial charge in [0.2, 0.25) is 0 Å². The lowest BCUT2D eigenvalue weighted by Crippen LogP contribution is -2.40. The van der Waals surface area contributed by atoms with Gasteiger partial charge in [0, 0.05) is 32.9 Å². The van der Waals surface area contributed by atoms with Crippen LogP contribution in [0, 0.1) is 0 Å². The van der Waals surface area contributed by atoms with Crippen molar-refractivity contribution in [2.24, 2.45) is 10.7 Å². The van der Waals surface area contributed by atoms with Crippen LogP contribution in [-0.2, 0) is 6.54 Å². The third-order valence-corrected chi connectivity index (χ3v) is 3.56. The summed E-state index contributed by atoms with van der Waals surface area (Å²) in [5.41, 5.74) is 8.45. The van der Waals surface area contributed by atoms with E-state index in [9.17, 15) is 0 Å². The fourth-order valence-electron chi connectivity index (χ4n) is 2.29. The first-order chi connectivity index (χ1) is 9.16. The van der Waals surface area contributed by atoms with Crippen molar-refractivity contribution < 1.29 is 0 Å². The number of hydrogen-bond donors (Lipinski definition) is 1. The van der Waals surface area contributed by atoms with Gasteiger partial charge in [0.25, 0.3) is 0 Å². The van der Waals surface area contributed by atoms with E-state index in [4.69, 9.17) is 5.73 Å². The zero-order valence-corrected chi connectivity index (χ0v) is 12.0. The summed E-state index contributed by atoms with van der Waals surface area (Å²) in [5.74, 6) is 0.691. The molecule has 2 rings (SSSR count). The van der Waals surface area contributed by atoms with Crippen molar-refractivity contribution in [3.05, 3.63) is 29.8 Å². The number of benzene rings is 1. The molecule has 4 nitrogen and oxygen atoms in total. The molecule has 0 saturated carbocycles. The smallest absolute Gasteiger partial charge is 0.191 e. The van der Waals surface area contributed by atoms with E-state index >= 15 is 0 Å². The number of piperidine rings is 1. The van der Waals surface area contributed by atoms with Crippen LogP contribution in [-0.4, -0.2) is 38.0 Å². The summed E-state index contributed by atoms with van der Waals surface area (Å²) < 4.78 is 0. The van der Waals surface area contributed by atoms with Crippen LogP contribution in [0.2, 0.25) is 0 Å². The van der Waals surface area contributed by atoms with Crippen LogP contribution >= 0.6 is 0 Å². The minimum atomic E-state index is 0.663. The predicted molar refractivity (Wildman–Crippen MR) is 81.5 cm³/mol. The first-order valence-electron chi connectivity index (χ1n) is 6.98. The number of aliphatic imine (C=N–C) groups is 1. The Hall–Kier alpha value is -1.71. The molecule has 1 aliphatic rings. The maximum Gasteiger partial charge on any atom is 0.191 e. The molecule has 0 amide bonds. The van der Waals surface area contributed by atoms with Crippen LogP contribution in [0.4, 0.5) is 5.69 Å². The summed E-state index contributed by atoms with van der Waals surface area (Å²) in [6.45, 7) is 2.76. The van der Waals surface area contributed by atoms with Crippen molar-refractivity contribution in [2.45, 2.75) is 25.8 Å². The van der Waals surface area contributed by atoms with Gasteiger partial charge in [-0.05, 0) is 37.0 Å². The maximum atomic E-state index is 6.04. The highest BCUT2D eigenvalue weighted by atomic mass is 15.2. The third kappa shape index (κ3) is 3.88. The molecule has 1 aliphatic heterocycles. The Morgan fingerprint density at radius 2 is 1.79 bits per heavy atom. The second kappa shape index (κ2) is 6.45. The molecular formula is C15H24N4. The largest absolute Gasteiger partial charge is 0.378 e. The molecule has 1 fully saturated rings. The van der Waals surface area contributed by atoms with E-state index in [1.54, 1.807) is 0 Å². The lowest BCUT2D eigenvalue weighted by molar-refractivity contribution is 0.338. The number of guanidine groups is 1. The number of rotatable bonds is 3. The topological polar surface area (TPSA) is 44.9 Å². The molecule has 1 aromatic rings. The minimum absolute atomic E-state index is 0.663. The Balaban J connectivity index is 1.93. The summed E-state index contributed by atoms with van der Waals surface area (Å²) in [6, 6.07) is 8.45. The zero-order chi connectivity index (χ0) is 13.7. The fourth-order valence-corrected chi connectivity index (χ4v) is 2.29. The third-order valence-electron chi connectivity index (χ3n) is 3.56. The number of likely N-dealkylation sites (tertiary alicyclic amines) is 1. The quantitative estimate of drug-likeness (QED) is 0.668. The van der Waals surface area contributed by atoms with E-state index in [2.05, 4.69) is 39.1 Å². The van der Waals surface area contributed by atoms with Gasteiger partial charge in [0.05, 0.1) is 6.54 Å². The van der Waals surface area contributed by atoms with E-state index < -0.39 is 0 Å². The van der Waals surface area contributed by atoms with Crippen LogP contribution in [0.25, 0.3) is 0 Å².